The fraction of sp³-hybridized carbons (Fsp3) is 0.118. The van der Waals surface area contributed by atoms with Crippen molar-refractivity contribution in [2.45, 2.75) is 13.8 Å². The first-order valence-corrected chi connectivity index (χ1v) is 14.8. The van der Waals surface area contributed by atoms with E-state index in [0.29, 0.717) is 12.3 Å². The largest absolute Gasteiger partial charge is 0.319 e. The number of hydrogen-bond acceptors (Lipinski definition) is 1. The first kappa shape index (κ1) is 22.8. The molecule has 0 heterocycles. The van der Waals surface area contributed by atoms with Crippen molar-refractivity contribution < 1.29 is 4.57 Å². The van der Waals surface area contributed by atoms with Gasteiger partial charge in [-0.25, -0.2) is 0 Å². The molecule has 176 valence electrons. The second kappa shape index (κ2) is 9.08. The highest BCUT2D eigenvalue weighted by molar-refractivity contribution is 7.71. The van der Waals surface area contributed by atoms with Crippen LogP contribution in [0.4, 0.5) is 0 Å². The lowest BCUT2D eigenvalue weighted by Crippen LogP contribution is -2.08. The first-order valence-electron chi connectivity index (χ1n) is 12.7. The fourth-order valence-electron chi connectivity index (χ4n) is 5.58. The van der Waals surface area contributed by atoms with Gasteiger partial charge in [0.25, 0.3) is 0 Å². The average Bonchev–Trinajstić information content (AvgIpc) is 2.95. The Balaban J connectivity index is 1.65. The highest BCUT2D eigenvalue weighted by atomic mass is 31.2. The molecule has 0 aliphatic heterocycles. The van der Waals surface area contributed by atoms with E-state index in [-0.39, 0.29) is 0 Å². The zero-order chi connectivity index (χ0) is 24.7. The molecule has 0 atom stereocenters. The monoisotopic (exact) mass is 484 g/mol. The van der Waals surface area contributed by atoms with E-state index in [9.17, 15) is 4.57 Å². The quantitative estimate of drug-likeness (QED) is 0.176. The Kier molecular flexibility index (Phi) is 5.75. The van der Waals surface area contributed by atoms with Crippen LogP contribution in [0.2, 0.25) is 0 Å². The van der Waals surface area contributed by atoms with Gasteiger partial charge in [0.05, 0.1) is 0 Å². The van der Waals surface area contributed by atoms with Gasteiger partial charge in [-0.1, -0.05) is 123 Å². The standard InChI is InChI=1S/C34H29OP/c1-3-36(35,4-2)28-21-19-25(20-22-28)33-29-13-7-9-15-31(29)34(32-16-10-8-14-30(32)33)27-18-17-24-11-5-6-12-26(24)23-27/h5-23H,3-4H2,1-2H3. The van der Waals surface area contributed by atoms with Crippen LogP contribution in [0.15, 0.2) is 115 Å². The van der Waals surface area contributed by atoms with E-state index in [1.807, 2.05) is 13.8 Å². The van der Waals surface area contributed by atoms with Gasteiger partial charge in [0, 0.05) is 17.6 Å². The molecular formula is C34H29OP. The Morgan fingerprint density at radius 1 is 0.500 bits per heavy atom. The van der Waals surface area contributed by atoms with Gasteiger partial charge in [-0.3, -0.25) is 0 Å². The molecule has 0 saturated carbocycles. The number of hydrogen-bond donors (Lipinski definition) is 0. The third-order valence-electron chi connectivity index (χ3n) is 7.62. The molecule has 0 radical (unpaired) electrons. The van der Waals surface area contributed by atoms with Gasteiger partial charge in [0.2, 0.25) is 0 Å². The summed E-state index contributed by atoms with van der Waals surface area (Å²) in [6.07, 6.45) is 1.41. The molecule has 36 heavy (non-hydrogen) atoms. The summed E-state index contributed by atoms with van der Waals surface area (Å²) in [6, 6.07) is 41.3. The van der Waals surface area contributed by atoms with Crippen LogP contribution in [0, 0.1) is 0 Å². The van der Waals surface area contributed by atoms with Crippen molar-refractivity contribution in [3.8, 4) is 22.3 Å². The second-order valence-electron chi connectivity index (χ2n) is 9.47. The summed E-state index contributed by atoms with van der Waals surface area (Å²) in [5.74, 6) is 0. The van der Waals surface area contributed by atoms with Crippen molar-refractivity contribution in [1.29, 1.82) is 0 Å². The summed E-state index contributed by atoms with van der Waals surface area (Å²) in [5, 5.41) is 8.46. The molecule has 6 aromatic carbocycles. The fourth-order valence-corrected chi connectivity index (χ4v) is 7.45. The Morgan fingerprint density at radius 3 is 1.47 bits per heavy atom. The van der Waals surface area contributed by atoms with Crippen molar-refractivity contribution in [3.63, 3.8) is 0 Å². The molecular weight excluding hydrogens is 455 g/mol. The minimum Gasteiger partial charge on any atom is -0.319 e. The van der Waals surface area contributed by atoms with Gasteiger partial charge in [-0.2, -0.15) is 0 Å². The summed E-state index contributed by atoms with van der Waals surface area (Å²) in [4.78, 5) is 0. The van der Waals surface area contributed by atoms with Crippen molar-refractivity contribution in [2.24, 2.45) is 0 Å². The highest BCUT2D eigenvalue weighted by Gasteiger charge is 2.21. The van der Waals surface area contributed by atoms with Crippen LogP contribution in [0.1, 0.15) is 13.8 Å². The number of fused-ring (bicyclic) bond motifs is 3. The van der Waals surface area contributed by atoms with E-state index in [2.05, 4.69) is 115 Å². The van der Waals surface area contributed by atoms with Crippen LogP contribution < -0.4 is 5.30 Å². The molecule has 2 heteroatoms. The normalized spacial score (nSPS) is 11.9. The van der Waals surface area contributed by atoms with Crippen LogP contribution in [0.25, 0.3) is 54.6 Å². The van der Waals surface area contributed by atoms with Crippen LogP contribution >= 0.6 is 7.14 Å². The predicted octanol–water partition coefficient (Wildman–Crippen LogP) is 9.51. The van der Waals surface area contributed by atoms with Crippen molar-refractivity contribution >= 4 is 44.8 Å². The molecule has 0 saturated heterocycles. The van der Waals surface area contributed by atoms with Gasteiger partial charge in [-0.05, 0) is 60.6 Å². The molecule has 6 rings (SSSR count). The van der Waals surface area contributed by atoms with Crippen LogP contribution in [0.3, 0.4) is 0 Å². The summed E-state index contributed by atoms with van der Waals surface area (Å²) in [5.41, 5.74) is 4.90. The SMILES string of the molecule is CCP(=O)(CC)c1ccc(-c2c3ccccc3c(-c3ccc4ccccc4c3)c3ccccc23)cc1. The summed E-state index contributed by atoms with van der Waals surface area (Å²) < 4.78 is 13.3. The van der Waals surface area contributed by atoms with Crippen molar-refractivity contribution in [2.75, 3.05) is 12.3 Å². The van der Waals surface area contributed by atoms with E-state index in [0.717, 1.165) is 10.9 Å². The maximum absolute atomic E-state index is 13.3. The zero-order valence-electron chi connectivity index (χ0n) is 20.7. The molecule has 6 aromatic rings. The van der Waals surface area contributed by atoms with Gasteiger partial charge in [-0.15, -0.1) is 0 Å². The van der Waals surface area contributed by atoms with E-state index in [4.69, 9.17) is 0 Å². The van der Waals surface area contributed by atoms with Gasteiger partial charge in [0.1, 0.15) is 7.14 Å². The van der Waals surface area contributed by atoms with Gasteiger partial charge in [0.15, 0.2) is 0 Å². The lowest BCUT2D eigenvalue weighted by atomic mass is 9.85. The van der Waals surface area contributed by atoms with E-state index < -0.39 is 7.14 Å². The highest BCUT2D eigenvalue weighted by Crippen LogP contribution is 2.46. The zero-order valence-corrected chi connectivity index (χ0v) is 21.6. The lowest BCUT2D eigenvalue weighted by Gasteiger charge is -2.19. The second-order valence-corrected chi connectivity index (χ2v) is 13.0. The summed E-state index contributed by atoms with van der Waals surface area (Å²) in [6.45, 7) is 4.06. The minimum atomic E-state index is -2.31. The topological polar surface area (TPSA) is 17.1 Å². The molecule has 0 amide bonds. The summed E-state index contributed by atoms with van der Waals surface area (Å²) in [7, 11) is -2.31. The van der Waals surface area contributed by atoms with Gasteiger partial charge >= 0.3 is 0 Å². The van der Waals surface area contributed by atoms with Crippen LogP contribution in [-0.2, 0) is 4.57 Å². The Bertz CT molecular complexity index is 1710. The Hall–Kier alpha value is -3.67. The average molecular weight is 485 g/mol. The van der Waals surface area contributed by atoms with Crippen LogP contribution in [-0.4, -0.2) is 12.3 Å². The molecule has 0 bridgehead atoms. The summed E-state index contributed by atoms with van der Waals surface area (Å²) >= 11 is 0. The van der Waals surface area contributed by atoms with Crippen molar-refractivity contribution in [3.05, 3.63) is 115 Å². The molecule has 0 aliphatic rings. The Labute approximate surface area is 212 Å². The molecule has 0 fully saturated rings. The minimum absolute atomic E-state index is 0.704. The predicted molar refractivity (Wildman–Crippen MR) is 158 cm³/mol. The molecule has 0 N–H and O–H groups in total. The molecule has 0 spiro atoms. The maximum Gasteiger partial charge on any atom is 0.115 e. The van der Waals surface area contributed by atoms with Gasteiger partial charge < -0.3 is 4.57 Å². The number of rotatable bonds is 5. The van der Waals surface area contributed by atoms with Crippen molar-refractivity contribution in [1.82, 2.24) is 0 Å². The smallest absolute Gasteiger partial charge is 0.115 e. The maximum atomic E-state index is 13.3. The first-order chi connectivity index (χ1) is 17.6. The van der Waals surface area contributed by atoms with E-state index in [1.165, 1.54) is 49.0 Å². The third kappa shape index (κ3) is 3.67. The Morgan fingerprint density at radius 2 is 0.944 bits per heavy atom. The molecule has 0 aliphatic carbocycles. The van der Waals surface area contributed by atoms with Crippen LogP contribution in [0.5, 0.6) is 0 Å². The third-order valence-corrected chi connectivity index (χ3v) is 10.9. The lowest BCUT2D eigenvalue weighted by molar-refractivity contribution is 0.582. The molecule has 1 nitrogen and oxygen atoms in total. The number of benzene rings is 6. The van der Waals surface area contributed by atoms with E-state index >= 15 is 0 Å². The van der Waals surface area contributed by atoms with E-state index in [1.54, 1.807) is 0 Å². The molecule has 0 aromatic heterocycles. The molecule has 0 unspecified atom stereocenters.